The Kier molecular flexibility index (Phi) is 7.86. The lowest BCUT2D eigenvalue weighted by atomic mass is 10.0. The quantitative estimate of drug-likeness (QED) is 0.149. The molecule has 232 valence electrons. The van der Waals surface area contributed by atoms with Crippen LogP contribution in [0.1, 0.15) is 32.3 Å². The van der Waals surface area contributed by atoms with E-state index < -0.39 is 35.4 Å². The molecule has 2 heterocycles. The standard InChI is InChI=1S/C34H25F4N5O3/c1-20(35)33(46)42-18-26(19-42)43-30-27(29(41-43)21-10-14-23(15-11-21)34(36,37)38)8-5-9-28(30)32(45)40-25-16-12-22(13-17-25)31(44)39-24-6-3-2-4-7-24/h2-17,26H,1,18-19H2,(H,39,44)(H,40,45). The predicted molar refractivity (Wildman–Crippen MR) is 165 cm³/mol. The number of rotatable bonds is 7. The molecule has 0 aliphatic carbocycles. The molecule has 0 atom stereocenters. The average molecular weight is 628 g/mol. The predicted octanol–water partition coefficient (Wildman–Crippen LogP) is 7.09. The third-order valence-electron chi connectivity index (χ3n) is 7.62. The number of anilines is 2. The minimum atomic E-state index is -4.52. The van der Waals surface area contributed by atoms with Gasteiger partial charge >= 0.3 is 6.18 Å². The Morgan fingerprint density at radius 1 is 0.783 bits per heavy atom. The zero-order valence-electron chi connectivity index (χ0n) is 24.0. The maximum Gasteiger partial charge on any atom is 0.416 e. The smallest absolute Gasteiger partial charge is 0.332 e. The molecule has 0 saturated carbocycles. The van der Waals surface area contributed by atoms with Gasteiger partial charge in [0.1, 0.15) is 5.69 Å². The van der Waals surface area contributed by atoms with Crippen molar-refractivity contribution < 1.29 is 31.9 Å². The third-order valence-corrected chi connectivity index (χ3v) is 7.62. The number of hydrogen-bond donors (Lipinski definition) is 2. The van der Waals surface area contributed by atoms with Crippen LogP contribution < -0.4 is 10.6 Å². The van der Waals surface area contributed by atoms with Crippen LogP contribution in [-0.4, -0.2) is 45.5 Å². The Morgan fingerprint density at radius 3 is 2.04 bits per heavy atom. The molecule has 46 heavy (non-hydrogen) atoms. The Balaban J connectivity index is 1.31. The van der Waals surface area contributed by atoms with E-state index in [1.165, 1.54) is 17.0 Å². The molecule has 1 saturated heterocycles. The minimum absolute atomic E-state index is 0.0907. The highest BCUT2D eigenvalue weighted by Crippen LogP contribution is 2.36. The zero-order chi connectivity index (χ0) is 32.6. The number of hydrogen-bond acceptors (Lipinski definition) is 4. The molecule has 1 aromatic heterocycles. The van der Waals surface area contributed by atoms with E-state index in [4.69, 9.17) is 0 Å². The number of alkyl halides is 3. The number of carbonyl (C=O) groups excluding carboxylic acids is 3. The van der Waals surface area contributed by atoms with Crippen molar-refractivity contribution in [3.05, 3.63) is 126 Å². The maximum absolute atomic E-state index is 13.6. The number of amides is 3. The SMILES string of the molecule is C=C(F)C(=O)N1CC(n2nc(-c3ccc(C(F)(F)F)cc3)c3cccc(C(=O)Nc4ccc(C(=O)Nc5ccccc5)cc4)c32)C1. The first-order chi connectivity index (χ1) is 22.0. The van der Waals surface area contributed by atoms with E-state index in [1.54, 1.807) is 71.4 Å². The number of nitrogens with zero attached hydrogens (tertiary/aromatic N) is 3. The summed E-state index contributed by atoms with van der Waals surface area (Å²) in [7, 11) is 0. The molecular formula is C34H25F4N5O3. The van der Waals surface area contributed by atoms with Crippen LogP contribution in [0.5, 0.6) is 0 Å². The lowest BCUT2D eigenvalue weighted by molar-refractivity contribution is -0.137. The van der Waals surface area contributed by atoms with Gasteiger partial charge in [-0.2, -0.15) is 18.3 Å². The molecular weight excluding hydrogens is 602 g/mol. The van der Waals surface area contributed by atoms with Crippen molar-refractivity contribution in [1.29, 1.82) is 0 Å². The fraction of sp³-hybridized carbons (Fsp3) is 0.118. The maximum atomic E-state index is 13.6. The highest BCUT2D eigenvalue weighted by molar-refractivity contribution is 6.14. The number of nitrogens with one attached hydrogen (secondary N) is 2. The van der Waals surface area contributed by atoms with Crippen molar-refractivity contribution >= 4 is 40.0 Å². The fourth-order valence-electron chi connectivity index (χ4n) is 5.25. The van der Waals surface area contributed by atoms with Crippen LogP contribution in [0.4, 0.5) is 28.9 Å². The summed E-state index contributed by atoms with van der Waals surface area (Å²) in [4.78, 5) is 39.6. The Bertz CT molecular complexity index is 1960. The van der Waals surface area contributed by atoms with Crippen LogP contribution >= 0.6 is 0 Å². The normalized spacial score (nSPS) is 13.3. The molecule has 12 heteroatoms. The first-order valence-corrected chi connectivity index (χ1v) is 14.1. The van der Waals surface area contributed by atoms with Crippen LogP contribution in [0.15, 0.2) is 109 Å². The van der Waals surface area contributed by atoms with Crippen molar-refractivity contribution in [3.8, 4) is 11.3 Å². The number of carbonyl (C=O) groups is 3. The summed E-state index contributed by atoms with van der Waals surface area (Å²) in [5, 5.41) is 10.8. The van der Waals surface area contributed by atoms with E-state index in [1.807, 2.05) is 6.07 Å². The second kappa shape index (κ2) is 12.0. The van der Waals surface area contributed by atoms with Crippen LogP contribution in [0.2, 0.25) is 0 Å². The van der Waals surface area contributed by atoms with E-state index in [0.717, 1.165) is 12.1 Å². The van der Waals surface area contributed by atoms with Crippen molar-refractivity contribution in [3.63, 3.8) is 0 Å². The van der Waals surface area contributed by atoms with Gasteiger partial charge in [-0.15, -0.1) is 0 Å². The van der Waals surface area contributed by atoms with Crippen LogP contribution in [0.3, 0.4) is 0 Å². The van der Waals surface area contributed by atoms with E-state index >= 15 is 0 Å². The lowest BCUT2D eigenvalue weighted by Crippen LogP contribution is -2.51. The molecule has 0 bridgehead atoms. The molecule has 6 rings (SSSR count). The largest absolute Gasteiger partial charge is 0.416 e. The Hall–Kier alpha value is -5.78. The van der Waals surface area contributed by atoms with Gasteiger partial charge in [0.2, 0.25) is 0 Å². The van der Waals surface area contributed by atoms with Gasteiger partial charge in [-0.25, -0.2) is 4.39 Å². The topological polar surface area (TPSA) is 96.3 Å². The third kappa shape index (κ3) is 5.96. The summed E-state index contributed by atoms with van der Waals surface area (Å²) in [6.45, 7) is 3.23. The molecule has 8 nitrogen and oxygen atoms in total. The molecule has 0 spiro atoms. The van der Waals surface area contributed by atoms with E-state index in [2.05, 4.69) is 22.3 Å². The van der Waals surface area contributed by atoms with Gasteiger partial charge in [-0.3, -0.25) is 19.1 Å². The highest BCUT2D eigenvalue weighted by atomic mass is 19.4. The Morgan fingerprint density at radius 2 is 1.41 bits per heavy atom. The molecule has 0 unspecified atom stereocenters. The van der Waals surface area contributed by atoms with Crippen LogP contribution in [-0.2, 0) is 11.0 Å². The molecule has 2 N–H and O–H groups in total. The zero-order valence-corrected chi connectivity index (χ0v) is 24.0. The molecule has 4 aromatic carbocycles. The molecule has 0 radical (unpaired) electrons. The Labute approximate surface area is 259 Å². The number of likely N-dealkylation sites (tertiary alicyclic amines) is 1. The fourth-order valence-corrected chi connectivity index (χ4v) is 5.25. The van der Waals surface area contributed by atoms with Crippen molar-refractivity contribution in [2.24, 2.45) is 0 Å². The van der Waals surface area contributed by atoms with E-state index in [0.29, 0.717) is 39.1 Å². The van der Waals surface area contributed by atoms with Crippen molar-refractivity contribution in [2.45, 2.75) is 12.2 Å². The summed E-state index contributed by atoms with van der Waals surface area (Å²) < 4.78 is 54.7. The van der Waals surface area contributed by atoms with Gasteiger partial charge in [0, 0.05) is 41.0 Å². The van der Waals surface area contributed by atoms with Crippen molar-refractivity contribution in [1.82, 2.24) is 14.7 Å². The van der Waals surface area contributed by atoms with Gasteiger partial charge in [0.25, 0.3) is 17.7 Å². The monoisotopic (exact) mass is 627 g/mol. The van der Waals surface area contributed by atoms with Gasteiger partial charge in [-0.1, -0.05) is 49.0 Å². The van der Waals surface area contributed by atoms with Gasteiger partial charge in [-0.05, 0) is 54.6 Å². The number of halogens is 4. The first-order valence-electron chi connectivity index (χ1n) is 14.1. The molecule has 1 aliphatic rings. The lowest BCUT2D eigenvalue weighted by Gasteiger charge is -2.39. The molecule has 5 aromatic rings. The van der Waals surface area contributed by atoms with E-state index in [9.17, 15) is 31.9 Å². The van der Waals surface area contributed by atoms with Crippen LogP contribution in [0.25, 0.3) is 22.2 Å². The highest BCUT2D eigenvalue weighted by Gasteiger charge is 2.36. The first kappa shape index (κ1) is 30.3. The second-order valence-electron chi connectivity index (χ2n) is 10.7. The number of benzene rings is 4. The second-order valence-corrected chi connectivity index (χ2v) is 10.7. The van der Waals surface area contributed by atoms with Crippen molar-refractivity contribution in [2.75, 3.05) is 23.7 Å². The summed E-state index contributed by atoms with van der Waals surface area (Å²) in [6, 6.07) is 24.3. The minimum Gasteiger partial charge on any atom is -0.332 e. The number of para-hydroxylation sites is 2. The summed E-state index contributed by atoms with van der Waals surface area (Å²) in [6.07, 6.45) is -4.52. The van der Waals surface area contributed by atoms with Gasteiger partial charge < -0.3 is 15.5 Å². The molecule has 3 amide bonds. The number of aromatic nitrogens is 2. The average Bonchev–Trinajstić information content (AvgIpc) is 3.40. The van der Waals surface area contributed by atoms with Crippen LogP contribution in [0, 0.1) is 0 Å². The summed E-state index contributed by atoms with van der Waals surface area (Å²) in [5.74, 6) is -2.78. The molecule has 1 aliphatic heterocycles. The molecule has 1 fully saturated rings. The summed E-state index contributed by atoms with van der Waals surface area (Å²) >= 11 is 0. The number of fused-ring (bicyclic) bond motifs is 1. The van der Waals surface area contributed by atoms with Gasteiger partial charge in [0.15, 0.2) is 5.83 Å². The van der Waals surface area contributed by atoms with E-state index in [-0.39, 0.29) is 24.6 Å². The summed E-state index contributed by atoms with van der Waals surface area (Å²) in [5.41, 5.74) is 1.95. The van der Waals surface area contributed by atoms with Gasteiger partial charge in [0.05, 0.1) is 22.7 Å².